The van der Waals surface area contributed by atoms with Crippen LogP contribution in [0.1, 0.15) is 26.3 Å². The fraction of sp³-hybridized carbons (Fsp3) is 0.130. The first-order chi connectivity index (χ1) is 14.6. The van der Waals surface area contributed by atoms with Gasteiger partial charge < -0.3 is 20.1 Å². The van der Waals surface area contributed by atoms with Crippen molar-refractivity contribution in [2.24, 2.45) is 0 Å². The third kappa shape index (κ3) is 4.31. The molecule has 0 fully saturated rings. The molecular weight excluding hydrogens is 448 g/mol. The lowest BCUT2D eigenvalue weighted by atomic mass is 10.1. The lowest BCUT2D eigenvalue weighted by Crippen LogP contribution is -2.26. The molecular formula is C23H19BrN2O4. The molecule has 3 aromatic rings. The van der Waals surface area contributed by atoms with Crippen LogP contribution in [-0.2, 0) is 6.54 Å². The van der Waals surface area contributed by atoms with Gasteiger partial charge in [0, 0.05) is 16.6 Å². The number of fused-ring (bicyclic) bond motifs is 1. The Hall–Kier alpha value is -3.32. The van der Waals surface area contributed by atoms with E-state index >= 15 is 0 Å². The van der Waals surface area contributed by atoms with Crippen LogP contribution in [0.15, 0.2) is 71.2 Å². The number of para-hydroxylation sites is 2. The predicted molar refractivity (Wildman–Crippen MR) is 117 cm³/mol. The van der Waals surface area contributed by atoms with Crippen LogP contribution in [0.5, 0.6) is 11.5 Å². The quantitative estimate of drug-likeness (QED) is 0.583. The van der Waals surface area contributed by atoms with E-state index in [0.717, 1.165) is 5.56 Å². The van der Waals surface area contributed by atoms with Gasteiger partial charge in [-0.15, -0.1) is 0 Å². The minimum Gasteiger partial charge on any atom is -0.486 e. The zero-order valence-electron chi connectivity index (χ0n) is 16.0. The van der Waals surface area contributed by atoms with Crippen molar-refractivity contribution in [2.45, 2.75) is 6.54 Å². The Morgan fingerprint density at radius 2 is 1.57 bits per heavy atom. The van der Waals surface area contributed by atoms with Crippen LogP contribution >= 0.6 is 15.9 Å². The maximum absolute atomic E-state index is 12.8. The molecule has 3 aromatic carbocycles. The first-order valence-corrected chi connectivity index (χ1v) is 10.2. The largest absolute Gasteiger partial charge is 0.486 e. The van der Waals surface area contributed by atoms with Crippen molar-refractivity contribution < 1.29 is 19.1 Å². The first-order valence-electron chi connectivity index (χ1n) is 9.44. The smallest absolute Gasteiger partial charge is 0.256 e. The second-order valence-corrected chi connectivity index (χ2v) is 7.46. The molecule has 2 amide bonds. The van der Waals surface area contributed by atoms with E-state index in [1.807, 2.05) is 24.3 Å². The van der Waals surface area contributed by atoms with Gasteiger partial charge in [0.2, 0.25) is 0 Å². The normalized spacial score (nSPS) is 12.2. The number of benzene rings is 3. The molecule has 0 saturated carbocycles. The zero-order chi connectivity index (χ0) is 20.9. The second-order valence-electron chi connectivity index (χ2n) is 6.60. The SMILES string of the molecule is O=C(Nc1ccccc1C(=O)NCc1cccc2c1OCCO2)c1ccccc1Br. The molecule has 6 nitrogen and oxygen atoms in total. The Morgan fingerprint density at radius 3 is 2.40 bits per heavy atom. The molecule has 0 spiro atoms. The summed E-state index contributed by atoms with van der Waals surface area (Å²) >= 11 is 3.38. The van der Waals surface area contributed by atoms with Gasteiger partial charge in [0.05, 0.1) is 16.8 Å². The third-order valence-corrected chi connectivity index (χ3v) is 5.32. The number of anilines is 1. The number of hydrogen-bond acceptors (Lipinski definition) is 4. The molecule has 2 N–H and O–H groups in total. The highest BCUT2D eigenvalue weighted by atomic mass is 79.9. The Balaban J connectivity index is 1.49. The van der Waals surface area contributed by atoms with Crippen LogP contribution in [-0.4, -0.2) is 25.0 Å². The molecule has 0 saturated heterocycles. The molecule has 0 bridgehead atoms. The van der Waals surface area contributed by atoms with Gasteiger partial charge in [0.1, 0.15) is 13.2 Å². The molecule has 30 heavy (non-hydrogen) atoms. The van der Waals surface area contributed by atoms with Crippen LogP contribution in [0, 0.1) is 0 Å². The molecule has 1 aliphatic rings. The lowest BCUT2D eigenvalue weighted by Gasteiger charge is -2.21. The van der Waals surface area contributed by atoms with Crippen LogP contribution in [0.4, 0.5) is 5.69 Å². The van der Waals surface area contributed by atoms with E-state index in [0.29, 0.717) is 46.0 Å². The lowest BCUT2D eigenvalue weighted by molar-refractivity contribution is 0.0950. The summed E-state index contributed by atoms with van der Waals surface area (Å²) in [6.07, 6.45) is 0. The molecule has 0 unspecified atom stereocenters. The summed E-state index contributed by atoms with van der Waals surface area (Å²) in [7, 11) is 0. The monoisotopic (exact) mass is 466 g/mol. The van der Waals surface area contributed by atoms with Gasteiger partial charge in [0.25, 0.3) is 11.8 Å². The number of hydrogen-bond donors (Lipinski definition) is 2. The van der Waals surface area contributed by atoms with Gasteiger partial charge >= 0.3 is 0 Å². The van der Waals surface area contributed by atoms with E-state index in [1.54, 1.807) is 42.5 Å². The molecule has 7 heteroatoms. The van der Waals surface area contributed by atoms with Crippen LogP contribution in [0.3, 0.4) is 0 Å². The number of nitrogens with one attached hydrogen (secondary N) is 2. The fourth-order valence-corrected chi connectivity index (χ4v) is 3.63. The summed E-state index contributed by atoms with van der Waals surface area (Å²) in [5, 5.41) is 5.72. The molecule has 4 rings (SSSR count). The highest BCUT2D eigenvalue weighted by Crippen LogP contribution is 2.33. The summed E-state index contributed by atoms with van der Waals surface area (Å²) in [4.78, 5) is 25.5. The van der Waals surface area contributed by atoms with E-state index < -0.39 is 0 Å². The minimum atomic E-state index is -0.301. The maximum atomic E-state index is 12.8. The molecule has 0 atom stereocenters. The van der Waals surface area contributed by atoms with Gasteiger partial charge in [-0.2, -0.15) is 0 Å². The number of halogens is 1. The number of ether oxygens (including phenoxy) is 2. The summed E-state index contributed by atoms with van der Waals surface area (Å²) in [5.41, 5.74) is 2.13. The van der Waals surface area contributed by atoms with Crippen molar-refractivity contribution in [3.8, 4) is 11.5 Å². The van der Waals surface area contributed by atoms with Crippen LogP contribution < -0.4 is 20.1 Å². The summed E-state index contributed by atoms with van der Waals surface area (Å²) in [6, 6.07) is 19.6. The van der Waals surface area contributed by atoms with Gasteiger partial charge in [-0.1, -0.05) is 36.4 Å². The standard InChI is InChI=1S/C23H19BrN2O4/c24-18-9-3-1-7-16(18)23(28)26-19-10-4-2-8-17(19)22(27)25-14-15-6-5-11-20-21(15)30-13-12-29-20/h1-11H,12-14H2,(H,25,27)(H,26,28). The van der Waals surface area contributed by atoms with E-state index in [-0.39, 0.29) is 18.4 Å². The number of carbonyl (C=O) groups is 2. The van der Waals surface area contributed by atoms with Crippen LogP contribution in [0.2, 0.25) is 0 Å². The Morgan fingerprint density at radius 1 is 0.833 bits per heavy atom. The highest BCUT2D eigenvalue weighted by Gasteiger charge is 2.18. The summed E-state index contributed by atoms with van der Waals surface area (Å²) in [5.74, 6) is 0.728. The van der Waals surface area contributed by atoms with E-state index in [4.69, 9.17) is 9.47 Å². The van der Waals surface area contributed by atoms with Gasteiger partial charge in [-0.05, 0) is 46.3 Å². The summed E-state index contributed by atoms with van der Waals surface area (Å²) in [6.45, 7) is 1.26. The summed E-state index contributed by atoms with van der Waals surface area (Å²) < 4.78 is 12.0. The van der Waals surface area contributed by atoms with Crippen molar-refractivity contribution >= 4 is 33.4 Å². The van der Waals surface area contributed by atoms with Gasteiger partial charge in [-0.25, -0.2) is 0 Å². The van der Waals surface area contributed by atoms with Crippen molar-refractivity contribution in [1.29, 1.82) is 0 Å². The number of carbonyl (C=O) groups excluding carboxylic acids is 2. The molecule has 0 aromatic heterocycles. The van der Waals surface area contributed by atoms with E-state index in [2.05, 4.69) is 26.6 Å². The molecule has 152 valence electrons. The van der Waals surface area contributed by atoms with E-state index in [9.17, 15) is 9.59 Å². The van der Waals surface area contributed by atoms with E-state index in [1.165, 1.54) is 0 Å². The second kappa shape index (κ2) is 9.00. The van der Waals surface area contributed by atoms with Crippen molar-refractivity contribution in [3.63, 3.8) is 0 Å². The van der Waals surface area contributed by atoms with Crippen molar-refractivity contribution in [2.75, 3.05) is 18.5 Å². The highest BCUT2D eigenvalue weighted by molar-refractivity contribution is 9.10. The van der Waals surface area contributed by atoms with Gasteiger partial charge in [0.15, 0.2) is 11.5 Å². The molecule has 0 aliphatic carbocycles. The number of amides is 2. The molecule has 0 radical (unpaired) electrons. The predicted octanol–water partition coefficient (Wildman–Crippen LogP) is 4.40. The Bertz CT molecular complexity index is 1100. The average molecular weight is 467 g/mol. The molecule has 1 aliphatic heterocycles. The Kier molecular flexibility index (Phi) is 5.99. The minimum absolute atomic E-state index is 0.276. The zero-order valence-corrected chi connectivity index (χ0v) is 17.6. The topological polar surface area (TPSA) is 76.7 Å². The first kappa shape index (κ1) is 20.0. The maximum Gasteiger partial charge on any atom is 0.256 e. The van der Waals surface area contributed by atoms with Crippen molar-refractivity contribution in [3.05, 3.63) is 87.9 Å². The molecule has 1 heterocycles. The fourth-order valence-electron chi connectivity index (χ4n) is 3.17. The van der Waals surface area contributed by atoms with Gasteiger partial charge in [-0.3, -0.25) is 9.59 Å². The average Bonchev–Trinajstić information content (AvgIpc) is 2.78. The Labute approximate surface area is 182 Å². The third-order valence-electron chi connectivity index (χ3n) is 4.63. The van der Waals surface area contributed by atoms with Crippen LogP contribution in [0.25, 0.3) is 0 Å². The number of rotatable bonds is 5. The van der Waals surface area contributed by atoms with Crippen molar-refractivity contribution in [1.82, 2.24) is 5.32 Å².